The Morgan fingerprint density at radius 2 is 2.12 bits per heavy atom. The predicted molar refractivity (Wildman–Crippen MR) is 131 cm³/mol. The van der Waals surface area contributed by atoms with Crippen molar-refractivity contribution >= 4 is 39.2 Å². The van der Waals surface area contributed by atoms with Crippen molar-refractivity contribution in [2.24, 2.45) is 11.3 Å². The van der Waals surface area contributed by atoms with Gasteiger partial charge in [-0.1, -0.05) is 54.9 Å². The third kappa shape index (κ3) is 5.96. The normalized spacial score (nSPS) is 25.3. The number of oxazole rings is 1. The molecule has 3 rings (SSSR count). The van der Waals surface area contributed by atoms with E-state index in [4.69, 9.17) is 4.42 Å². The van der Waals surface area contributed by atoms with Gasteiger partial charge in [0, 0.05) is 30.5 Å². The Morgan fingerprint density at radius 1 is 1.38 bits per heavy atom. The van der Waals surface area contributed by atoms with Crippen LogP contribution in [0, 0.1) is 18.3 Å². The minimum Gasteiger partial charge on any atom is -0.443 e. The van der Waals surface area contributed by atoms with E-state index < -0.39 is 18.2 Å². The minimum atomic E-state index is -0.791. The van der Waals surface area contributed by atoms with E-state index in [1.54, 1.807) is 0 Å². The van der Waals surface area contributed by atoms with Crippen molar-refractivity contribution in [2.45, 2.75) is 58.7 Å². The maximum absolute atomic E-state index is 13.2. The summed E-state index contributed by atoms with van der Waals surface area (Å²) < 4.78 is 5.46. The van der Waals surface area contributed by atoms with Crippen molar-refractivity contribution in [3.8, 4) is 0 Å². The molecule has 1 aromatic heterocycles. The standard InChI is InChI=1S/C24H33BrN4O5/c1-14(2)20(28-19(31)10-25)23(33)29-11-17(30)9-18(29)22(32)26-12-24(4)7-5-16(6-8-24)21-15(3)27-13-34-21/h5-7,13-14,17-18,20,30H,8-12H2,1-4H3,(H,26,32)(H,28,31)/t17-,18+,20+,24?/m1/s1. The van der Waals surface area contributed by atoms with Gasteiger partial charge in [0.05, 0.1) is 17.1 Å². The zero-order valence-electron chi connectivity index (χ0n) is 20.0. The van der Waals surface area contributed by atoms with Crippen LogP contribution < -0.4 is 10.6 Å². The van der Waals surface area contributed by atoms with Crippen LogP contribution in [0.1, 0.15) is 45.1 Å². The molecule has 0 aromatic carbocycles. The van der Waals surface area contributed by atoms with Crippen molar-refractivity contribution in [3.63, 3.8) is 0 Å². The molecule has 186 valence electrons. The Kier molecular flexibility index (Phi) is 8.35. The molecule has 1 aliphatic carbocycles. The van der Waals surface area contributed by atoms with E-state index in [1.165, 1.54) is 11.3 Å². The average Bonchev–Trinajstić information content (AvgIpc) is 3.41. The van der Waals surface area contributed by atoms with Crippen molar-refractivity contribution in [1.29, 1.82) is 0 Å². The lowest BCUT2D eigenvalue weighted by molar-refractivity contribution is -0.142. The number of allylic oxidation sites excluding steroid dienone is 3. The van der Waals surface area contributed by atoms with Gasteiger partial charge >= 0.3 is 0 Å². The molecule has 1 saturated heterocycles. The molecule has 0 spiro atoms. The summed E-state index contributed by atoms with van der Waals surface area (Å²) in [4.78, 5) is 43.7. The lowest BCUT2D eigenvalue weighted by atomic mass is 9.81. The molecule has 3 amide bonds. The van der Waals surface area contributed by atoms with Crippen molar-refractivity contribution in [3.05, 3.63) is 36.1 Å². The molecule has 2 aliphatic rings. The lowest BCUT2D eigenvalue weighted by Gasteiger charge is -2.32. The highest BCUT2D eigenvalue weighted by molar-refractivity contribution is 9.09. The van der Waals surface area contributed by atoms with Gasteiger partial charge in [-0.2, -0.15) is 0 Å². The van der Waals surface area contributed by atoms with Crippen molar-refractivity contribution < 1.29 is 23.9 Å². The molecule has 34 heavy (non-hydrogen) atoms. The molecule has 1 unspecified atom stereocenters. The second kappa shape index (κ2) is 10.9. The second-order valence-corrected chi connectivity index (χ2v) is 10.2. The van der Waals surface area contributed by atoms with Crippen LogP contribution in [-0.2, 0) is 14.4 Å². The SMILES string of the molecule is Cc1ncoc1C1=CCC(C)(CNC(=O)[C@@H]2C[C@@H](O)CN2C(=O)[C@@H](NC(=O)CBr)C(C)C)C=C1. The van der Waals surface area contributed by atoms with Gasteiger partial charge in [0.1, 0.15) is 12.1 Å². The quantitative estimate of drug-likeness (QED) is 0.436. The summed E-state index contributed by atoms with van der Waals surface area (Å²) in [7, 11) is 0. The number of hydrogen-bond acceptors (Lipinski definition) is 6. The Labute approximate surface area is 208 Å². The number of rotatable bonds is 8. The van der Waals surface area contributed by atoms with E-state index in [0.717, 1.165) is 17.0 Å². The minimum absolute atomic E-state index is 0.0596. The fourth-order valence-corrected chi connectivity index (χ4v) is 4.43. The van der Waals surface area contributed by atoms with Gasteiger partial charge < -0.3 is 25.1 Å². The summed E-state index contributed by atoms with van der Waals surface area (Å²) in [5.41, 5.74) is 1.48. The summed E-state index contributed by atoms with van der Waals surface area (Å²) in [6.45, 7) is 8.03. The fraction of sp³-hybridized carbons (Fsp3) is 0.583. The van der Waals surface area contributed by atoms with Crippen LogP contribution in [-0.4, -0.2) is 69.3 Å². The molecule has 9 nitrogen and oxygen atoms in total. The molecule has 10 heteroatoms. The van der Waals surface area contributed by atoms with Crippen molar-refractivity contribution in [1.82, 2.24) is 20.5 Å². The van der Waals surface area contributed by atoms with Gasteiger partial charge in [-0.05, 0) is 19.3 Å². The van der Waals surface area contributed by atoms with Gasteiger partial charge in [-0.25, -0.2) is 4.98 Å². The summed E-state index contributed by atoms with van der Waals surface area (Å²) >= 11 is 3.09. The van der Waals surface area contributed by atoms with Gasteiger partial charge in [0.15, 0.2) is 12.2 Å². The Morgan fingerprint density at radius 3 is 2.68 bits per heavy atom. The zero-order valence-corrected chi connectivity index (χ0v) is 21.6. The predicted octanol–water partition coefficient (Wildman–Crippen LogP) is 1.95. The number of halogens is 1. The lowest BCUT2D eigenvalue weighted by Crippen LogP contribution is -2.56. The Hall–Kier alpha value is -2.46. The average molecular weight is 537 g/mol. The number of β-amino-alcohol motifs (C(OH)–C–C–N with tert-alkyl or cyclic N) is 1. The van der Waals surface area contributed by atoms with E-state index in [-0.39, 0.29) is 47.4 Å². The molecule has 0 bridgehead atoms. The molecular formula is C24H33BrN4O5. The first kappa shape index (κ1) is 26.2. The van der Waals surface area contributed by atoms with E-state index in [0.29, 0.717) is 13.0 Å². The molecule has 0 saturated carbocycles. The molecule has 3 N–H and O–H groups in total. The number of nitrogens with zero attached hydrogens (tertiary/aromatic N) is 2. The summed E-state index contributed by atoms with van der Waals surface area (Å²) in [5.74, 6) is -0.410. The summed E-state index contributed by atoms with van der Waals surface area (Å²) in [5, 5.41) is 16.0. The highest BCUT2D eigenvalue weighted by Crippen LogP contribution is 2.33. The van der Waals surface area contributed by atoms with Crippen molar-refractivity contribution in [2.75, 3.05) is 18.4 Å². The molecule has 1 aliphatic heterocycles. The molecule has 0 radical (unpaired) electrons. The number of aliphatic hydroxyl groups is 1. The Bertz CT molecular complexity index is 988. The maximum atomic E-state index is 13.2. The van der Waals surface area contributed by atoms with Gasteiger partial charge in [-0.3, -0.25) is 14.4 Å². The number of likely N-dealkylation sites (tertiary alicyclic amines) is 1. The van der Waals surface area contributed by atoms with Crippen LogP contribution >= 0.6 is 15.9 Å². The summed E-state index contributed by atoms with van der Waals surface area (Å²) in [6.07, 6.45) is 7.57. The van der Waals surface area contributed by atoms with Gasteiger partial charge in [0.25, 0.3) is 0 Å². The third-order valence-electron chi connectivity index (χ3n) is 6.36. The van der Waals surface area contributed by atoms with Crippen LogP contribution in [0.2, 0.25) is 0 Å². The highest BCUT2D eigenvalue weighted by atomic mass is 79.9. The first-order valence-electron chi connectivity index (χ1n) is 11.5. The fourth-order valence-electron chi connectivity index (χ4n) is 4.27. The molecule has 1 fully saturated rings. The van der Waals surface area contributed by atoms with Gasteiger partial charge in [-0.15, -0.1) is 0 Å². The van der Waals surface area contributed by atoms with Crippen LogP contribution in [0.4, 0.5) is 0 Å². The first-order valence-corrected chi connectivity index (χ1v) is 12.6. The highest BCUT2D eigenvalue weighted by Gasteiger charge is 2.42. The van der Waals surface area contributed by atoms with Crippen LogP contribution in [0.3, 0.4) is 0 Å². The second-order valence-electron chi connectivity index (χ2n) is 9.65. The smallest absolute Gasteiger partial charge is 0.246 e. The monoisotopic (exact) mass is 536 g/mol. The van der Waals surface area contributed by atoms with Crippen LogP contribution in [0.15, 0.2) is 29.0 Å². The number of aryl methyl sites for hydroxylation is 1. The van der Waals surface area contributed by atoms with E-state index in [9.17, 15) is 19.5 Å². The maximum Gasteiger partial charge on any atom is 0.246 e. The first-order chi connectivity index (χ1) is 16.0. The largest absolute Gasteiger partial charge is 0.443 e. The van der Waals surface area contributed by atoms with E-state index in [2.05, 4.69) is 37.6 Å². The number of carbonyl (C=O) groups is 3. The number of amides is 3. The number of alkyl halides is 1. The number of hydrogen-bond donors (Lipinski definition) is 3. The van der Waals surface area contributed by atoms with E-state index in [1.807, 2.05) is 39.8 Å². The van der Waals surface area contributed by atoms with Crippen LogP contribution in [0.25, 0.3) is 5.57 Å². The number of aromatic nitrogens is 1. The number of aliphatic hydroxyl groups excluding tert-OH is 1. The van der Waals surface area contributed by atoms with Gasteiger partial charge in [0.2, 0.25) is 17.7 Å². The Balaban J connectivity index is 1.63. The van der Waals surface area contributed by atoms with Crippen LogP contribution in [0.5, 0.6) is 0 Å². The molecular weight excluding hydrogens is 504 g/mol. The topological polar surface area (TPSA) is 125 Å². The molecule has 2 heterocycles. The number of nitrogens with one attached hydrogen (secondary N) is 2. The zero-order chi connectivity index (χ0) is 25.0. The third-order valence-corrected chi connectivity index (χ3v) is 6.87. The summed E-state index contributed by atoms with van der Waals surface area (Å²) in [6, 6.07) is -1.56. The van der Waals surface area contributed by atoms with E-state index >= 15 is 0 Å². The molecule has 4 atom stereocenters. The molecule has 1 aromatic rings. The number of carbonyl (C=O) groups excluding carboxylic acids is 3.